The smallest absolute Gasteiger partial charge is 0.227 e. The maximum atomic E-state index is 12.2. The lowest BCUT2D eigenvalue weighted by Crippen LogP contribution is -2.52. The molecule has 0 bridgehead atoms. The molecule has 1 amide bonds. The average molecular weight is 360 g/mol. The van der Waals surface area contributed by atoms with Crippen molar-refractivity contribution in [1.29, 1.82) is 0 Å². The number of hydrogen-bond donors (Lipinski definition) is 2. The number of rotatable bonds is 9. The fourth-order valence-corrected chi connectivity index (χ4v) is 2.92. The predicted octanol–water partition coefficient (Wildman–Crippen LogP) is 2.56. The van der Waals surface area contributed by atoms with Crippen molar-refractivity contribution in [1.82, 2.24) is 15.5 Å². The van der Waals surface area contributed by atoms with Gasteiger partial charge in [0.2, 0.25) is 17.6 Å². The minimum absolute atomic E-state index is 0.0669. The molecule has 2 aromatic rings. The summed E-state index contributed by atoms with van der Waals surface area (Å²) in [6, 6.07) is 7.39. The van der Waals surface area contributed by atoms with Crippen molar-refractivity contribution in [2.45, 2.75) is 45.6 Å². The molecule has 2 rings (SSSR count). The zero-order valence-corrected chi connectivity index (χ0v) is 15.9. The number of aromatic nitrogens is 2. The topological polar surface area (TPSA) is 103 Å². The van der Waals surface area contributed by atoms with E-state index in [0.29, 0.717) is 30.6 Å². The van der Waals surface area contributed by atoms with E-state index in [1.165, 1.54) is 0 Å². The highest BCUT2D eigenvalue weighted by Crippen LogP contribution is 2.20. The van der Waals surface area contributed by atoms with Crippen LogP contribution >= 0.6 is 0 Å². The number of nitrogens with zero attached hydrogens (tertiary/aromatic N) is 2. The van der Waals surface area contributed by atoms with Gasteiger partial charge in [0.05, 0.1) is 7.11 Å². The van der Waals surface area contributed by atoms with Gasteiger partial charge in [-0.2, -0.15) is 4.98 Å². The second-order valence-corrected chi connectivity index (χ2v) is 7.15. The summed E-state index contributed by atoms with van der Waals surface area (Å²) in [6.07, 6.45) is 1.49. The maximum absolute atomic E-state index is 12.2. The van der Waals surface area contributed by atoms with E-state index in [1.54, 1.807) is 7.11 Å². The van der Waals surface area contributed by atoms with Crippen molar-refractivity contribution in [3.63, 3.8) is 0 Å². The van der Waals surface area contributed by atoms with Gasteiger partial charge in [-0.3, -0.25) is 4.79 Å². The Labute approximate surface area is 154 Å². The van der Waals surface area contributed by atoms with Crippen LogP contribution in [-0.4, -0.2) is 35.2 Å². The molecule has 1 unspecified atom stereocenters. The van der Waals surface area contributed by atoms with Crippen LogP contribution in [0.4, 0.5) is 0 Å². The fraction of sp³-hybridized carbons (Fsp3) is 0.526. The number of carbonyl (C=O) groups excluding carboxylic acids is 1. The van der Waals surface area contributed by atoms with Gasteiger partial charge >= 0.3 is 0 Å². The van der Waals surface area contributed by atoms with Gasteiger partial charge in [0.15, 0.2) is 0 Å². The summed E-state index contributed by atoms with van der Waals surface area (Å²) in [7, 11) is 1.61. The Kier molecular flexibility index (Phi) is 6.74. The third kappa shape index (κ3) is 5.56. The van der Waals surface area contributed by atoms with Crippen LogP contribution in [0.15, 0.2) is 28.8 Å². The molecule has 142 valence electrons. The number of benzene rings is 1. The third-order valence-electron chi connectivity index (χ3n) is 4.13. The molecule has 0 aliphatic carbocycles. The molecule has 7 nitrogen and oxygen atoms in total. The van der Waals surface area contributed by atoms with Crippen molar-refractivity contribution in [2.75, 3.05) is 13.7 Å². The first-order valence-corrected chi connectivity index (χ1v) is 8.83. The number of amides is 1. The molecule has 1 heterocycles. The maximum Gasteiger partial charge on any atom is 0.227 e. The molecular formula is C19H28N4O3. The van der Waals surface area contributed by atoms with Crippen molar-refractivity contribution in [2.24, 2.45) is 11.7 Å². The van der Waals surface area contributed by atoms with Crippen molar-refractivity contribution >= 4 is 5.91 Å². The lowest BCUT2D eigenvalue weighted by atomic mass is 9.90. The van der Waals surface area contributed by atoms with Crippen LogP contribution in [-0.2, 0) is 11.2 Å². The number of ether oxygens (including phenoxy) is 1. The SMILES string of the molecule is COc1ccc(-c2noc(CCC(=O)NC(C)(CN)CC(C)C)n2)cc1. The van der Waals surface area contributed by atoms with E-state index in [4.69, 9.17) is 15.0 Å². The Balaban J connectivity index is 1.91. The Bertz CT molecular complexity index is 712. The summed E-state index contributed by atoms with van der Waals surface area (Å²) in [5.74, 6) is 2.08. The zero-order chi connectivity index (χ0) is 19.2. The van der Waals surface area contributed by atoms with Crippen LogP contribution in [0.3, 0.4) is 0 Å². The number of aryl methyl sites for hydroxylation is 1. The molecule has 7 heteroatoms. The highest BCUT2D eigenvalue weighted by molar-refractivity contribution is 5.77. The van der Waals surface area contributed by atoms with Gasteiger partial charge in [-0.15, -0.1) is 0 Å². The Hall–Kier alpha value is -2.41. The monoisotopic (exact) mass is 360 g/mol. The molecule has 0 saturated heterocycles. The predicted molar refractivity (Wildman–Crippen MR) is 99.7 cm³/mol. The van der Waals surface area contributed by atoms with Gasteiger partial charge in [-0.05, 0) is 43.5 Å². The molecule has 1 aromatic heterocycles. The molecule has 3 N–H and O–H groups in total. The van der Waals surface area contributed by atoms with Crippen molar-refractivity contribution in [3.8, 4) is 17.1 Å². The fourth-order valence-electron chi connectivity index (χ4n) is 2.92. The summed E-state index contributed by atoms with van der Waals surface area (Å²) in [5, 5.41) is 7.00. The second-order valence-electron chi connectivity index (χ2n) is 7.15. The van der Waals surface area contributed by atoms with Crippen LogP contribution in [0.25, 0.3) is 11.4 Å². The van der Waals surface area contributed by atoms with Gasteiger partial charge in [-0.25, -0.2) is 0 Å². The first-order valence-electron chi connectivity index (χ1n) is 8.83. The largest absolute Gasteiger partial charge is 0.497 e. The van der Waals surface area contributed by atoms with E-state index in [2.05, 4.69) is 29.3 Å². The van der Waals surface area contributed by atoms with Crippen molar-refractivity contribution < 1.29 is 14.1 Å². The Morgan fingerprint density at radius 2 is 2.04 bits per heavy atom. The number of hydrogen-bond acceptors (Lipinski definition) is 6. The minimum atomic E-state index is -0.394. The van der Waals surface area contributed by atoms with E-state index in [0.717, 1.165) is 17.7 Å². The number of nitrogens with one attached hydrogen (secondary N) is 1. The first-order chi connectivity index (χ1) is 12.3. The van der Waals surface area contributed by atoms with Crippen LogP contribution in [0.2, 0.25) is 0 Å². The Morgan fingerprint density at radius 3 is 2.62 bits per heavy atom. The molecule has 0 aliphatic heterocycles. The third-order valence-corrected chi connectivity index (χ3v) is 4.13. The van der Waals surface area contributed by atoms with E-state index < -0.39 is 5.54 Å². The summed E-state index contributed by atoms with van der Waals surface area (Å²) in [4.78, 5) is 16.6. The molecule has 1 atom stereocenters. The van der Waals surface area contributed by atoms with Gasteiger partial charge in [-0.1, -0.05) is 19.0 Å². The van der Waals surface area contributed by atoms with Crippen LogP contribution in [0, 0.1) is 5.92 Å². The molecule has 0 spiro atoms. The van der Waals surface area contributed by atoms with Crippen molar-refractivity contribution in [3.05, 3.63) is 30.2 Å². The molecule has 26 heavy (non-hydrogen) atoms. The number of carbonyl (C=O) groups is 1. The van der Waals surface area contributed by atoms with E-state index in [-0.39, 0.29) is 12.3 Å². The molecule has 0 saturated carbocycles. The van der Waals surface area contributed by atoms with Crippen LogP contribution < -0.4 is 15.8 Å². The summed E-state index contributed by atoms with van der Waals surface area (Å²) >= 11 is 0. The summed E-state index contributed by atoms with van der Waals surface area (Å²) < 4.78 is 10.4. The normalized spacial score (nSPS) is 13.5. The van der Waals surface area contributed by atoms with Crippen LogP contribution in [0.1, 0.15) is 39.5 Å². The molecule has 0 fully saturated rings. The lowest BCUT2D eigenvalue weighted by Gasteiger charge is -2.31. The Morgan fingerprint density at radius 1 is 1.35 bits per heavy atom. The lowest BCUT2D eigenvalue weighted by molar-refractivity contribution is -0.123. The van der Waals surface area contributed by atoms with Gasteiger partial charge < -0.3 is 20.3 Å². The number of nitrogens with two attached hydrogens (primary N) is 1. The quantitative estimate of drug-likeness (QED) is 0.712. The average Bonchev–Trinajstić information content (AvgIpc) is 3.08. The molecular weight excluding hydrogens is 332 g/mol. The highest BCUT2D eigenvalue weighted by Gasteiger charge is 2.25. The molecule has 0 radical (unpaired) electrons. The van der Waals surface area contributed by atoms with Crippen LogP contribution in [0.5, 0.6) is 5.75 Å². The molecule has 1 aromatic carbocycles. The minimum Gasteiger partial charge on any atom is -0.497 e. The zero-order valence-electron chi connectivity index (χ0n) is 15.9. The summed E-state index contributed by atoms with van der Waals surface area (Å²) in [5.41, 5.74) is 6.27. The van der Waals surface area contributed by atoms with E-state index in [1.807, 2.05) is 31.2 Å². The van der Waals surface area contributed by atoms with E-state index in [9.17, 15) is 4.79 Å². The summed E-state index contributed by atoms with van der Waals surface area (Å²) in [6.45, 7) is 6.59. The highest BCUT2D eigenvalue weighted by atomic mass is 16.5. The van der Waals surface area contributed by atoms with E-state index >= 15 is 0 Å². The van der Waals surface area contributed by atoms with Gasteiger partial charge in [0.25, 0.3) is 0 Å². The second kappa shape index (κ2) is 8.80. The number of methoxy groups -OCH3 is 1. The van der Waals surface area contributed by atoms with Gasteiger partial charge in [0.1, 0.15) is 5.75 Å². The first kappa shape index (κ1) is 19.9. The molecule has 0 aliphatic rings. The standard InChI is InChI=1S/C19H28N4O3/c1-13(2)11-19(3,12-20)22-16(24)9-10-17-21-18(23-26-17)14-5-7-15(25-4)8-6-14/h5-8,13H,9-12,20H2,1-4H3,(H,22,24). The van der Waals surface area contributed by atoms with Gasteiger partial charge in [0, 0.05) is 30.5 Å².